The van der Waals surface area contributed by atoms with Crippen LogP contribution in [-0.2, 0) is 9.53 Å². The zero-order valence-electron chi connectivity index (χ0n) is 8.50. The second-order valence-electron chi connectivity index (χ2n) is 2.91. The molecule has 0 N–H and O–H groups in total. The van der Waals surface area contributed by atoms with Crippen molar-refractivity contribution in [2.75, 3.05) is 7.11 Å². The fourth-order valence-electron chi connectivity index (χ4n) is 0.924. The average molecular weight is 224 g/mol. The van der Waals surface area contributed by atoms with Gasteiger partial charge in [0.15, 0.2) is 0 Å². The van der Waals surface area contributed by atoms with Crippen molar-refractivity contribution in [1.82, 2.24) is 4.98 Å². The van der Waals surface area contributed by atoms with Crippen LogP contribution in [-0.4, -0.2) is 18.1 Å². The second-order valence-corrected chi connectivity index (χ2v) is 3.26. The van der Waals surface area contributed by atoms with Crippen LogP contribution in [0.5, 0.6) is 0 Å². The van der Waals surface area contributed by atoms with Gasteiger partial charge in [0, 0.05) is 6.20 Å². The van der Waals surface area contributed by atoms with Crippen molar-refractivity contribution in [2.45, 2.75) is 13.3 Å². The zero-order chi connectivity index (χ0) is 11.3. The number of carbonyl (C=O) groups is 1. The van der Waals surface area contributed by atoms with Crippen LogP contribution < -0.4 is 0 Å². The molecule has 78 valence electrons. The molecule has 0 amide bonds. The maximum atomic E-state index is 10.8. The number of rotatable bonds is 1. The molecule has 0 radical (unpaired) electrons. The Morgan fingerprint density at radius 3 is 3.07 bits per heavy atom. The van der Waals surface area contributed by atoms with Crippen LogP contribution >= 0.6 is 11.6 Å². The second kappa shape index (κ2) is 5.38. The third-order valence-corrected chi connectivity index (χ3v) is 1.96. The van der Waals surface area contributed by atoms with Gasteiger partial charge in [0.2, 0.25) is 0 Å². The quantitative estimate of drug-likeness (QED) is 0.415. The first-order valence-corrected chi connectivity index (χ1v) is 4.69. The lowest BCUT2D eigenvalue weighted by molar-refractivity contribution is -0.139. The molecule has 15 heavy (non-hydrogen) atoms. The Balaban J connectivity index is 2.79. The standard InChI is InChI=1S/C11H10ClNO2/c1-8-6-9(11(12)13-7-8)4-3-5-10(14)15-2/h6-7H,5H2,1-2H3. The van der Waals surface area contributed by atoms with Gasteiger partial charge in [-0.25, -0.2) is 4.98 Å². The molecule has 0 saturated carbocycles. The van der Waals surface area contributed by atoms with Crippen molar-refractivity contribution < 1.29 is 9.53 Å². The number of hydrogen-bond acceptors (Lipinski definition) is 3. The highest BCUT2D eigenvalue weighted by Crippen LogP contribution is 2.12. The van der Waals surface area contributed by atoms with E-state index in [1.54, 1.807) is 6.20 Å². The number of halogens is 1. The van der Waals surface area contributed by atoms with Crippen LogP contribution in [0, 0.1) is 18.8 Å². The van der Waals surface area contributed by atoms with Crippen LogP contribution in [0.1, 0.15) is 17.5 Å². The minimum Gasteiger partial charge on any atom is -0.468 e. The lowest BCUT2D eigenvalue weighted by Gasteiger charge is -1.96. The minimum absolute atomic E-state index is 0.0563. The topological polar surface area (TPSA) is 39.2 Å². The number of esters is 1. The molecule has 1 aromatic rings. The molecule has 0 unspecified atom stereocenters. The number of ether oxygens (including phenoxy) is 1. The van der Waals surface area contributed by atoms with Crippen molar-refractivity contribution in [3.05, 3.63) is 28.5 Å². The van der Waals surface area contributed by atoms with Gasteiger partial charge in [-0.2, -0.15) is 0 Å². The van der Waals surface area contributed by atoms with Gasteiger partial charge in [0.1, 0.15) is 11.6 Å². The highest BCUT2D eigenvalue weighted by Gasteiger charge is 1.98. The smallest absolute Gasteiger partial charge is 0.317 e. The van der Waals surface area contributed by atoms with E-state index in [4.69, 9.17) is 11.6 Å². The van der Waals surface area contributed by atoms with E-state index in [0.717, 1.165) is 5.56 Å². The summed E-state index contributed by atoms with van der Waals surface area (Å²) in [7, 11) is 1.32. The fraction of sp³-hybridized carbons (Fsp3) is 0.273. The van der Waals surface area contributed by atoms with Gasteiger partial charge in [-0.15, -0.1) is 0 Å². The van der Waals surface area contributed by atoms with E-state index >= 15 is 0 Å². The number of aromatic nitrogens is 1. The molecule has 0 aliphatic rings. The summed E-state index contributed by atoms with van der Waals surface area (Å²) in [4.78, 5) is 14.7. The van der Waals surface area contributed by atoms with Gasteiger partial charge in [-0.1, -0.05) is 23.4 Å². The van der Waals surface area contributed by atoms with E-state index in [1.807, 2.05) is 13.0 Å². The van der Waals surface area contributed by atoms with Crippen molar-refractivity contribution in [3.63, 3.8) is 0 Å². The van der Waals surface area contributed by atoms with Gasteiger partial charge < -0.3 is 4.74 Å². The Morgan fingerprint density at radius 2 is 2.40 bits per heavy atom. The molecule has 0 aliphatic heterocycles. The molecule has 3 nitrogen and oxygen atoms in total. The lowest BCUT2D eigenvalue weighted by atomic mass is 10.2. The first-order chi connectivity index (χ1) is 7.13. The number of nitrogens with zero attached hydrogens (tertiary/aromatic N) is 1. The minimum atomic E-state index is -0.362. The van der Waals surface area contributed by atoms with E-state index in [2.05, 4.69) is 21.6 Å². The maximum Gasteiger partial charge on any atom is 0.317 e. The third-order valence-electron chi connectivity index (χ3n) is 1.66. The molecule has 4 heteroatoms. The van der Waals surface area contributed by atoms with Crippen LogP contribution in [0.25, 0.3) is 0 Å². The maximum absolute atomic E-state index is 10.8. The number of carbonyl (C=O) groups excluding carboxylic acids is 1. The van der Waals surface area contributed by atoms with E-state index < -0.39 is 0 Å². The fourth-order valence-corrected chi connectivity index (χ4v) is 1.07. The monoisotopic (exact) mass is 223 g/mol. The Hall–Kier alpha value is -1.53. The molecule has 0 saturated heterocycles. The largest absolute Gasteiger partial charge is 0.468 e. The van der Waals surface area contributed by atoms with Gasteiger partial charge in [-0.3, -0.25) is 4.79 Å². The highest BCUT2D eigenvalue weighted by molar-refractivity contribution is 6.30. The van der Waals surface area contributed by atoms with Crippen LogP contribution in [0.4, 0.5) is 0 Å². The van der Waals surface area contributed by atoms with Crippen molar-refractivity contribution in [1.29, 1.82) is 0 Å². The Bertz CT molecular complexity index is 432. The third kappa shape index (κ3) is 3.61. The number of aryl methyl sites for hydroxylation is 1. The van der Waals surface area contributed by atoms with E-state index in [-0.39, 0.29) is 12.4 Å². The first kappa shape index (κ1) is 11.5. The van der Waals surface area contributed by atoms with Crippen LogP contribution in [0.3, 0.4) is 0 Å². The van der Waals surface area contributed by atoms with Crippen LogP contribution in [0.15, 0.2) is 12.3 Å². The van der Waals surface area contributed by atoms with Gasteiger partial charge >= 0.3 is 5.97 Å². The highest BCUT2D eigenvalue weighted by atomic mass is 35.5. The van der Waals surface area contributed by atoms with Crippen molar-refractivity contribution in [3.8, 4) is 11.8 Å². The molecule has 1 heterocycles. The molecular weight excluding hydrogens is 214 g/mol. The Labute approximate surface area is 93.4 Å². The summed E-state index contributed by atoms with van der Waals surface area (Å²) in [5.74, 6) is 5.08. The molecule has 1 aromatic heterocycles. The summed E-state index contributed by atoms with van der Waals surface area (Å²) >= 11 is 5.82. The first-order valence-electron chi connectivity index (χ1n) is 4.31. The Kier molecular flexibility index (Phi) is 4.14. The molecule has 0 aromatic carbocycles. The summed E-state index contributed by atoms with van der Waals surface area (Å²) < 4.78 is 4.45. The van der Waals surface area contributed by atoms with E-state index in [0.29, 0.717) is 10.7 Å². The van der Waals surface area contributed by atoms with Gasteiger partial charge in [0.25, 0.3) is 0 Å². The summed E-state index contributed by atoms with van der Waals surface area (Å²) in [6.07, 6.45) is 1.72. The zero-order valence-corrected chi connectivity index (χ0v) is 9.26. The predicted octanol–water partition coefficient (Wildman–Crippen LogP) is 1.96. The molecule has 0 bridgehead atoms. The van der Waals surface area contributed by atoms with Crippen molar-refractivity contribution >= 4 is 17.6 Å². The molecule has 0 spiro atoms. The Morgan fingerprint density at radius 1 is 1.67 bits per heavy atom. The normalized spacial score (nSPS) is 9.00. The summed E-state index contributed by atoms with van der Waals surface area (Å²) in [5, 5.41) is 0.345. The molecule has 0 atom stereocenters. The molecule has 1 rings (SSSR count). The lowest BCUT2D eigenvalue weighted by Crippen LogP contribution is -1.97. The molecule has 0 aliphatic carbocycles. The molecular formula is C11H10ClNO2. The van der Waals surface area contributed by atoms with E-state index in [9.17, 15) is 4.79 Å². The van der Waals surface area contributed by atoms with E-state index in [1.165, 1.54) is 7.11 Å². The summed E-state index contributed by atoms with van der Waals surface area (Å²) in [6, 6.07) is 1.82. The molecule has 0 fully saturated rings. The number of methoxy groups -OCH3 is 1. The van der Waals surface area contributed by atoms with Gasteiger partial charge in [-0.05, 0) is 18.6 Å². The number of hydrogen-bond donors (Lipinski definition) is 0. The SMILES string of the molecule is COC(=O)CC#Cc1cc(C)cnc1Cl. The predicted molar refractivity (Wildman–Crippen MR) is 57.5 cm³/mol. The average Bonchev–Trinajstić information content (AvgIpc) is 2.23. The van der Waals surface area contributed by atoms with Gasteiger partial charge in [0.05, 0.1) is 12.7 Å². The van der Waals surface area contributed by atoms with Crippen molar-refractivity contribution in [2.24, 2.45) is 0 Å². The van der Waals surface area contributed by atoms with Crippen LogP contribution in [0.2, 0.25) is 5.15 Å². The summed E-state index contributed by atoms with van der Waals surface area (Å²) in [5.41, 5.74) is 1.60. The number of pyridine rings is 1. The summed E-state index contributed by atoms with van der Waals surface area (Å²) in [6.45, 7) is 1.90.